The van der Waals surface area contributed by atoms with Crippen LogP contribution < -0.4 is 5.32 Å². The van der Waals surface area contributed by atoms with E-state index in [2.05, 4.69) is 5.32 Å². The molecule has 0 unspecified atom stereocenters. The van der Waals surface area contributed by atoms with Crippen LogP contribution in [0.1, 0.15) is 40.2 Å². The van der Waals surface area contributed by atoms with Gasteiger partial charge in [0.2, 0.25) is 0 Å². The van der Waals surface area contributed by atoms with E-state index in [9.17, 15) is 14.7 Å². The van der Waals surface area contributed by atoms with Crippen molar-refractivity contribution in [3.8, 4) is 5.75 Å². The van der Waals surface area contributed by atoms with Gasteiger partial charge in [-0.3, -0.25) is 5.32 Å². The molecule has 2 N–H and O–H groups in total. The van der Waals surface area contributed by atoms with Gasteiger partial charge in [0.25, 0.3) is 0 Å². The molecule has 110 valence electrons. The molecule has 1 amide bonds. The highest BCUT2D eigenvalue weighted by Gasteiger charge is 2.22. The molecular weight excluding hydrogens is 258 g/mol. The molecule has 20 heavy (non-hydrogen) atoms. The largest absolute Gasteiger partial charge is 0.506 e. The molecule has 0 aliphatic rings. The van der Waals surface area contributed by atoms with Crippen LogP contribution in [0.3, 0.4) is 0 Å². The molecule has 0 heterocycles. The van der Waals surface area contributed by atoms with Crippen molar-refractivity contribution in [2.45, 2.75) is 45.6 Å². The number of hydrogen-bond acceptors (Lipinski definition) is 4. The minimum absolute atomic E-state index is 0.0821. The first-order valence-electron chi connectivity index (χ1n) is 6.35. The van der Waals surface area contributed by atoms with Crippen LogP contribution in [0.4, 0.5) is 10.5 Å². The van der Waals surface area contributed by atoms with Crippen molar-refractivity contribution >= 4 is 18.1 Å². The molecule has 5 heteroatoms. The number of aromatic hydroxyl groups is 1. The summed E-state index contributed by atoms with van der Waals surface area (Å²) in [4.78, 5) is 22.8. The Bertz CT molecular complexity index is 515. The summed E-state index contributed by atoms with van der Waals surface area (Å²) in [5.74, 6) is -0.0821. The van der Waals surface area contributed by atoms with Gasteiger partial charge < -0.3 is 14.6 Å². The molecule has 0 saturated carbocycles. The maximum atomic E-state index is 11.7. The van der Waals surface area contributed by atoms with E-state index >= 15 is 0 Å². The zero-order chi connectivity index (χ0) is 15.6. The second-order valence-electron chi connectivity index (χ2n) is 6.20. The smallest absolute Gasteiger partial charge is 0.412 e. The minimum atomic E-state index is -0.696. The normalized spacial score (nSPS) is 11.8. The van der Waals surface area contributed by atoms with Gasteiger partial charge in [-0.2, -0.15) is 0 Å². The number of amides is 1. The molecular formula is C15H21NO4. The van der Waals surface area contributed by atoms with E-state index in [4.69, 9.17) is 4.74 Å². The number of aldehydes is 1. The summed E-state index contributed by atoms with van der Waals surface area (Å²) in [6.07, 6.45) is 0.158. The third-order valence-corrected chi connectivity index (χ3v) is 2.67. The third kappa shape index (κ3) is 4.26. The summed E-state index contributed by atoms with van der Waals surface area (Å²) < 4.78 is 5.12. The lowest BCUT2D eigenvalue weighted by atomic mass is 9.86. The standard InChI is InChI=1S/C15H21NO4/c1-14(2,3)20-13(19)16-11-8-10(6-7-12(11)18)15(4,5)9-17/h6-9,18H,1-5H3,(H,16,19). The average Bonchev–Trinajstić information content (AvgIpc) is 2.29. The Hall–Kier alpha value is -2.04. The van der Waals surface area contributed by atoms with Crippen molar-refractivity contribution < 1.29 is 19.4 Å². The maximum Gasteiger partial charge on any atom is 0.412 e. The second-order valence-corrected chi connectivity index (χ2v) is 6.20. The van der Waals surface area contributed by atoms with Gasteiger partial charge in [-0.25, -0.2) is 4.79 Å². The summed E-state index contributed by atoms with van der Waals surface area (Å²) in [6.45, 7) is 8.75. The number of carbonyl (C=O) groups excluding carboxylic acids is 2. The predicted molar refractivity (Wildman–Crippen MR) is 77.1 cm³/mol. The molecule has 0 aromatic heterocycles. The summed E-state index contributed by atoms with van der Waals surface area (Å²) >= 11 is 0. The number of carbonyl (C=O) groups is 2. The molecule has 0 saturated heterocycles. The lowest BCUT2D eigenvalue weighted by Crippen LogP contribution is -2.27. The number of rotatable bonds is 3. The Labute approximate surface area is 118 Å². The Morgan fingerprint density at radius 1 is 1.25 bits per heavy atom. The van der Waals surface area contributed by atoms with E-state index in [-0.39, 0.29) is 11.4 Å². The average molecular weight is 279 g/mol. The molecule has 0 spiro atoms. The first kappa shape index (κ1) is 16.0. The van der Waals surface area contributed by atoms with Gasteiger partial charge in [0.1, 0.15) is 17.6 Å². The van der Waals surface area contributed by atoms with Crippen LogP contribution >= 0.6 is 0 Å². The molecule has 1 aromatic rings. The molecule has 0 fully saturated rings. The Kier molecular flexibility index (Phi) is 4.43. The van der Waals surface area contributed by atoms with Crippen molar-refractivity contribution in [1.29, 1.82) is 0 Å². The van der Waals surface area contributed by atoms with Gasteiger partial charge in [0.15, 0.2) is 0 Å². The lowest BCUT2D eigenvalue weighted by molar-refractivity contribution is -0.111. The minimum Gasteiger partial charge on any atom is -0.506 e. The topological polar surface area (TPSA) is 75.6 Å². The van der Waals surface area contributed by atoms with Gasteiger partial charge in [-0.15, -0.1) is 0 Å². The molecule has 0 aliphatic heterocycles. The maximum absolute atomic E-state index is 11.7. The highest BCUT2D eigenvalue weighted by Crippen LogP contribution is 2.30. The first-order valence-corrected chi connectivity index (χ1v) is 6.35. The number of ether oxygens (including phenoxy) is 1. The Balaban J connectivity index is 2.98. The SMILES string of the molecule is CC(C)(C)OC(=O)Nc1cc(C(C)(C)C=O)ccc1O. The van der Waals surface area contributed by atoms with Crippen LogP contribution in [-0.2, 0) is 14.9 Å². The number of anilines is 1. The Morgan fingerprint density at radius 2 is 1.85 bits per heavy atom. The number of phenols is 1. The summed E-state index contributed by atoms with van der Waals surface area (Å²) in [5, 5.41) is 12.2. The first-order chi connectivity index (χ1) is 9.05. The van der Waals surface area contributed by atoms with Crippen LogP contribution in [0.25, 0.3) is 0 Å². The van der Waals surface area contributed by atoms with E-state index in [0.717, 1.165) is 6.29 Å². The fourth-order valence-corrected chi connectivity index (χ4v) is 1.52. The zero-order valence-corrected chi connectivity index (χ0v) is 12.5. The van der Waals surface area contributed by atoms with Crippen LogP contribution in [0.15, 0.2) is 18.2 Å². The van der Waals surface area contributed by atoms with E-state index in [1.165, 1.54) is 6.07 Å². The van der Waals surface area contributed by atoms with E-state index in [1.54, 1.807) is 46.8 Å². The fourth-order valence-electron chi connectivity index (χ4n) is 1.52. The Morgan fingerprint density at radius 3 is 2.35 bits per heavy atom. The molecule has 0 radical (unpaired) electrons. The number of nitrogens with one attached hydrogen (secondary N) is 1. The van der Waals surface area contributed by atoms with Crippen molar-refractivity contribution in [3.63, 3.8) is 0 Å². The zero-order valence-electron chi connectivity index (χ0n) is 12.5. The predicted octanol–water partition coefficient (Wildman–Crippen LogP) is 3.22. The number of benzene rings is 1. The third-order valence-electron chi connectivity index (χ3n) is 2.67. The van der Waals surface area contributed by atoms with Crippen LogP contribution in [0, 0.1) is 0 Å². The van der Waals surface area contributed by atoms with Gasteiger partial charge in [0.05, 0.1) is 5.69 Å². The highest BCUT2D eigenvalue weighted by atomic mass is 16.6. The fraction of sp³-hybridized carbons (Fsp3) is 0.467. The van der Waals surface area contributed by atoms with Gasteiger partial charge in [0, 0.05) is 5.41 Å². The molecule has 0 bridgehead atoms. The van der Waals surface area contributed by atoms with Crippen LogP contribution in [-0.4, -0.2) is 23.1 Å². The summed E-state index contributed by atoms with van der Waals surface area (Å²) in [6, 6.07) is 4.64. The van der Waals surface area contributed by atoms with Crippen LogP contribution in [0.5, 0.6) is 5.75 Å². The van der Waals surface area contributed by atoms with E-state index in [1.807, 2.05) is 0 Å². The molecule has 1 aromatic carbocycles. The molecule has 1 rings (SSSR count). The monoisotopic (exact) mass is 279 g/mol. The van der Waals surface area contributed by atoms with Gasteiger partial charge in [-0.05, 0) is 52.3 Å². The van der Waals surface area contributed by atoms with Crippen molar-refractivity contribution in [2.24, 2.45) is 0 Å². The quantitative estimate of drug-likeness (QED) is 0.658. The highest BCUT2D eigenvalue weighted by molar-refractivity contribution is 5.87. The van der Waals surface area contributed by atoms with Gasteiger partial charge >= 0.3 is 6.09 Å². The van der Waals surface area contributed by atoms with E-state index in [0.29, 0.717) is 5.56 Å². The molecule has 5 nitrogen and oxygen atoms in total. The van der Waals surface area contributed by atoms with Crippen molar-refractivity contribution in [1.82, 2.24) is 0 Å². The van der Waals surface area contributed by atoms with Crippen molar-refractivity contribution in [2.75, 3.05) is 5.32 Å². The lowest BCUT2D eigenvalue weighted by Gasteiger charge is -2.21. The summed E-state index contributed by atoms with van der Waals surface area (Å²) in [5.41, 5.74) is -0.416. The van der Waals surface area contributed by atoms with Crippen molar-refractivity contribution in [3.05, 3.63) is 23.8 Å². The van der Waals surface area contributed by atoms with Gasteiger partial charge in [-0.1, -0.05) is 6.07 Å². The summed E-state index contributed by atoms with van der Waals surface area (Å²) in [7, 11) is 0. The number of hydrogen-bond donors (Lipinski definition) is 2. The van der Waals surface area contributed by atoms with Crippen LogP contribution in [0.2, 0.25) is 0 Å². The second kappa shape index (κ2) is 5.53. The van der Waals surface area contributed by atoms with E-state index < -0.39 is 17.1 Å². The molecule has 0 aliphatic carbocycles. The number of phenolic OH excluding ortho intramolecular Hbond substituents is 1. The molecule has 0 atom stereocenters.